The van der Waals surface area contributed by atoms with E-state index in [0.717, 1.165) is 28.5 Å². The summed E-state index contributed by atoms with van der Waals surface area (Å²) in [4.78, 5) is 2.15. The summed E-state index contributed by atoms with van der Waals surface area (Å²) < 4.78 is 0. The molecule has 0 radical (unpaired) electrons. The standard InChI is InChI=1S/C18H29ClN2/c1-12(2)15-8-6-13(3)10-16(15)20-17-11-14(19)7-9-18(17)21(4)5/h7,9,11-13,15-16,20H,6,8,10H2,1-5H3. The van der Waals surface area contributed by atoms with E-state index >= 15 is 0 Å². The first kappa shape index (κ1) is 16.5. The maximum absolute atomic E-state index is 6.21. The van der Waals surface area contributed by atoms with Crippen molar-refractivity contribution in [2.24, 2.45) is 17.8 Å². The average Bonchev–Trinajstić information content (AvgIpc) is 2.38. The first-order valence-electron chi connectivity index (χ1n) is 8.12. The lowest BCUT2D eigenvalue weighted by Gasteiger charge is -2.39. The zero-order valence-corrected chi connectivity index (χ0v) is 14.7. The van der Waals surface area contributed by atoms with E-state index in [4.69, 9.17) is 11.6 Å². The topological polar surface area (TPSA) is 15.3 Å². The average molecular weight is 309 g/mol. The maximum atomic E-state index is 6.21. The molecule has 1 N–H and O–H groups in total. The number of benzene rings is 1. The van der Waals surface area contributed by atoms with Crippen LogP contribution in [0.1, 0.15) is 40.0 Å². The first-order chi connectivity index (χ1) is 9.88. The van der Waals surface area contributed by atoms with Crippen molar-refractivity contribution in [2.45, 2.75) is 46.1 Å². The Kier molecular flexibility index (Phi) is 5.43. The quantitative estimate of drug-likeness (QED) is 0.814. The molecule has 0 heterocycles. The normalized spacial score (nSPS) is 26.0. The fourth-order valence-corrected chi connectivity index (χ4v) is 3.75. The highest BCUT2D eigenvalue weighted by Crippen LogP contribution is 2.37. The van der Waals surface area contributed by atoms with Crippen molar-refractivity contribution in [2.75, 3.05) is 24.3 Å². The predicted molar refractivity (Wildman–Crippen MR) is 94.5 cm³/mol. The molecule has 1 aromatic carbocycles. The molecule has 3 atom stereocenters. The second-order valence-corrected chi connectivity index (χ2v) is 7.57. The van der Waals surface area contributed by atoms with Crippen molar-refractivity contribution >= 4 is 23.0 Å². The molecule has 118 valence electrons. The lowest BCUT2D eigenvalue weighted by molar-refractivity contribution is 0.212. The summed E-state index contributed by atoms with van der Waals surface area (Å²) in [5.74, 6) is 2.27. The molecular formula is C18H29ClN2. The van der Waals surface area contributed by atoms with Gasteiger partial charge >= 0.3 is 0 Å². The van der Waals surface area contributed by atoms with Crippen LogP contribution in [0.2, 0.25) is 5.02 Å². The molecule has 0 amide bonds. The minimum absolute atomic E-state index is 0.547. The third-order valence-corrected chi connectivity index (χ3v) is 5.04. The second kappa shape index (κ2) is 6.91. The number of halogens is 1. The van der Waals surface area contributed by atoms with Gasteiger partial charge in [0.1, 0.15) is 0 Å². The molecule has 2 rings (SSSR count). The summed E-state index contributed by atoms with van der Waals surface area (Å²) in [6, 6.07) is 6.67. The highest BCUT2D eigenvalue weighted by Gasteiger charge is 2.31. The molecule has 3 heteroatoms. The maximum Gasteiger partial charge on any atom is 0.0597 e. The fourth-order valence-electron chi connectivity index (χ4n) is 3.58. The van der Waals surface area contributed by atoms with Crippen LogP contribution in [0, 0.1) is 17.8 Å². The van der Waals surface area contributed by atoms with Gasteiger partial charge in [0.25, 0.3) is 0 Å². The van der Waals surface area contributed by atoms with E-state index in [1.54, 1.807) is 0 Å². The van der Waals surface area contributed by atoms with E-state index in [-0.39, 0.29) is 0 Å². The third-order valence-electron chi connectivity index (χ3n) is 4.80. The second-order valence-electron chi connectivity index (χ2n) is 7.13. The SMILES string of the molecule is CC1CCC(C(C)C)C(Nc2cc(Cl)ccc2N(C)C)C1. The lowest BCUT2D eigenvalue weighted by Crippen LogP contribution is -2.38. The van der Waals surface area contributed by atoms with Gasteiger partial charge in [0.05, 0.1) is 11.4 Å². The van der Waals surface area contributed by atoms with Gasteiger partial charge in [-0.3, -0.25) is 0 Å². The Bertz CT molecular complexity index is 470. The van der Waals surface area contributed by atoms with Crippen LogP contribution in [0.5, 0.6) is 0 Å². The Balaban J connectivity index is 2.24. The molecule has 0 aromatic heterocycles. The molecule has 1 aliphatic carbocycles. The van der Waals surface area contributed by atoms with E-state index in [1.165, 1.54) is 24.9 Å². The van der Waals surface area contributed by atoms with Crippen LogP contribution < -0.4 is 10.2 Å². The molecule has 2 nitrogen and oxygen atoms in total. The van der Waals surface area contributed by atoms with Crippen LogP contribution in [-0.2, 0) is 0 Å². The van der Waals surface area contributed by atoms with Crippen LogP contribution in [0.25, 0.3) is 0 Å². The van der Waals surface area contributed by atoms with Crippen LogP contribution >= 0.6 is 11.6 Å². The number of anilines is 2. The molecule has 0 aliphatic heterocycles. The zero-order valence-electron chi connectivity index (χ0n) is 14.0. The van der Waals surface area contributed by atoms with Crippen molar-refractivity contribution < 1.29 is 0 Å². The van der Waals surface area contributed by atoms with Gasteiger partial charge in [-0.15, -0.1) is 0 Å². The zero-order chi connectivity index (χ0) is 15.6. The van der Waals surface area contributed by atoms with Crippen molar-refractivity contribution in [3.63, 3.8) is 0 Å². The Morgan fingerprint density at radius 1 is 1.24 bits per heavy atom. The van der Waals surface area contributed by atoms with Gasteiger partial charge in [-0.1, -0.05) is 38.8 Å². The van der Waals surface area contributed by atoms with E-state index in [9.17, 15) is 0 Å². The van der Waals surface area contributed by atoms with E-state index < -0.39 is 0 Å². The van der Waals surface area contributed by atoms with Gasteiger partial charge < -0.3 is 10.2 Å². The number of rotatable bonds is 4. The molecule has 1 aliphatic rings. The number of nitrogens with one attached hydrogen (secondary N) is 1. The number of nitrogens with zero attached hydrogens (tertiary/aromatic N) is 1. The lowest BCUT2D eigenvalue weighted by atomic mass is 9.74. The minimum Gasteiger partial charge on any atom is -0.380 e. The fraction of sp³-hybridized carbons (Fsp3) is 0.667. The summed E-state index contributed by atoms with van der Waals surface area (Å²) in [6.07, 6.45) is 3.94. The molecule has 0 spiro atoms. The highest BCUT2D eigenvalue weighted by atomic mass is 35.5. The summed E-state index contributed by atoms with van der Waals surface area (Å²) in [6.45, 7) is 7.07. The number of hydrogen-bond donors (Lipinski definition) is 1. The summed E-state index contributed by atoms with van der Waals surface area (Å²) in [7, 11) is 4.16. The Morgan fingerprint density at radius 2 is 1.95 bits per heavy atom. The molecule has 0 saturated heterocycles. The van der Waals surface area contributed by atoms with Crippen LogP contribution in [0.15, 0.2) is 18.2 Å². The third kappa shape index (κ3) is 4.06. The molecular weight excluding hydrogens is 280 g/mol. The summed E-state index contributed by atoms with van der Waals surface area (Å²) in [5.41, 5.74) is 2.37. The van der Waals surface area contributed by atoms with Gasteiger partial charge in [0.15, 0.2) is 0 Å². The van der Waals surface area contributed by atoms with Crippen molar-refractivity contribution in [1.29, 1.82) is 0 Å². The highest BCUT2D eigenvalue weighted by molar-refractivity contribution is 6.31. The molecule has 1 saturated carbocycles. The van der Waals surface area contributed by atoms with Gasteiger partial charge in [-0.25, -0.2) is 0 Å². The van der Waals surface area contributed by atoms with Gasteiger partial charge in [0.2, 0.25) is 0 Å². The molecule has 0 bridgehead atoms. The first-order valence-corrected chi connectivity index (χ1v) is 8.49. The Morgan fingerprint density at radius 3 is 2.57 bits per heavy atom. The predicted octanol–water partition coefficient (Wildman–Crippen LogP) is 5.28. The summed E-state index contributed by atoms with van der Waals surface area (Å²) >= 11 is 6.21. The van der Waals surface area contributed by atoms with Crippen molar-refractivity contribution in [3.8, 4) is 0 Å². The van der Waals surface area contributed by atoms with Crippen molar-refractivity contribution in [1.82, 2.24) is 0 Å². The Labute approximate surface area is 134 Å². The summed E-state index contributed by atoms with van der Waals surface area (Å²) in [5, 5.41) is 4.61. The van der Waals surface area contributed by atoms with Gasteiger partial charge in [-0.05, 0) is 48.8 Å². The minimum atomic E-state index is 0.547. The monoisotopic (exact) mass is 308 g/mol. The Hall–Kier alpha value is -0.890. The smallest absolute Gasteiger partial charge is 0.0597 e. The number of hydrogen-bond acceptors (Lipinski definition) is 2. The van der Waals surface area contributed by atoms with Gasteiger partial charge in [-0.2, -0.15) is 0 Å². The molecule has 3 unspecified atom stereocenters. The van der Waals surface area contributed by atoms with Crippen LogP contribution in [0.4, 0.5) is 11.4 Å². The largest absolute Gasteiger partial charge is 0.380 e. The molecule has 21 heavy (non-hydrogen) atoms. The van der Waals surface area contributed by atoms with E-state index in [2.05, 4.69) is 57.2 Å². The van der Waals surface area contributed by atoms with E-state index in [0.29, 0.717) is 6.04 Å². The van der Waals surface area contributed by atoms with Crippen molar-refractivity contribution in [3.05, 3.63) is 23.2 Å². The molecule has 1 aromatic rings. The van der Waals surface area contributed by atoms with E-state index in [1.807, 2.05) is 6.07 Å². The van der Waals surface area contributed by atoms with Crippen LogP contribution in [-0.4, -0.2) is 20.1 Å². The molecule has 1 fully saturated rings. The van der Waals surface area contributed by atoms with Gasteiger partial charge in [0, 0.05) is 25.2 Å². The van der Waals surface area contributed by atoms with Crippen LogP contribution in [0.3, 0.4) is 0 Å².